The molecule has 2 unspecified atom stereocenters. The molecule has 3 aliphatic rings. The SMILES string of the molecule is N#Cc1ccc(N2N=C3c4ccc(C(=O)O)cc4CCC3C2[C@@H]2CCOC2)cc1Cl. The van der Waals surface area contributed by atoms with E-state index in [0.717, 1.165) is 48.4 Å². The number of ether oxygens (including phenoxy) is 1. The highest BCUT2D eigenvalue weighted by molar-refractivity contribution is 6.32. The predicted octanol–water partition coefficient (Wildman–Crippen LogP) is 4.10. The van der Waals surface area contributed by atoms with Crippen LogP contribution in [0.1, 0.15) is 39.9 Å². The number of carbonyl (C=O) groups is 1. The van der Waals surface area contributed by atoms with Crippen molar-refractivity contribution in [2.45, 2.75) is 25.3 Å². The van der Waals surface area contributed by atoms with E-state index in [2.05, 4.69) is 6.07 Å². The Balaban J connectivity index is 1.59. The van der Waals surface area contributed by atoms with Gasteiger partial charge in [-0.15, -0.1) is 0 Å². The third kappa shape index (κ3) is 3.06. The molecular weight excluding hydrogens is 402 g/mol. The van der Waals surface area contributed by atoms with E-state index in [1.54, 1.807) is 24.3 Å². The van der Waals surface area contributed by atoms with Gasteiger partial charge in [-0.1, -0.05) is 17.7 Å². The van der Waals surface area contributed by atoms with Gasteiger partial charge >= 0.3 is 5.97 Å². The molecule has 0 radical (unpaired) electrons. The molecule has 0 saturated carbocycles. The van der Waals surface area contributed by atoms with Crippen LogP contribution in [0, 0.1) is 23.2 Å². The summed E-state index contributed by atoms with van der Waals surface area (Å²) >= 11 is 6.32. The fourth-order valence-corrected chi connectivity index (χ4v) is 5.18. The highest BCUT2D eigenvalue weighted by Crippen LogP contribution is 2.43. The number of carboxylic acids is 1. The number of carboxylic acid groups (broad SMARTS) is 1. The number of benzene rings is 2. The molecule has 0 bridgehead atoms. The molecular formula is C23H20ClN3O3. The summed E-state index contributed by atoms with van der Waals surface area (Å²) in [7, 11) is 0. The van der Waals surface area contributed by atoms with E-state index in [0.29, 0.717) is 28.7 Å². The Kier molecular flexibility index (Phi) is 4.73. The number of nitrogens with zero attached hydrogens (tertiary/aromatic N) is 3. The largest absolute Gasteiger partial charge is 0.478 e. The second kappa shape index (κ2) is 7.42. The first-order valence-corrected chi connectivity index (χ1v) is 10.5. The van der Waals surface area contributed by atoms with Crippen molar-refractivity contribution in [3.8, 4) is 6.07 Å². The summed E-state index contributed by atoms with van der Waals surface area (Å²) in [6, 6.07) is 13.0. The summed E-state index contributed by atoms with van der Waals surface area (Å²) in [5, 5.41) is 26.0. The molecule has 3 atom stereocenters. The Bertz CT molecular complexity index is 1100. The van der Waals surface area contributed by atoms with Gasteiger partial charge in [-0.25, -0.2) is 4.79 Å². The minimum Gasteiger partial charge on any atom is -0.478 e. The smallest absolute Gasteiger partial charge is 0.335 e. The van der Waals surface area contributed by atoms with Gasteiger partial charge in [-0.3, -0.25) is 5.01 Å². The normalized spacial score (nSPS) is 24.7. The van der Waals surface area contributed by atoms with Crippen LogP contribution in [0.25, 0.3) is 0 Å². The van der Waals surface area contributed by atoms with Gasteiger partial charge in [0.05, 0.1) is 40.2 Å². The lowest BCUT2D eigenvalue weighted by Gasteiger charge is -2.34. The fraction of sp³-hybridized carbons (Fsp3) is 0.348. The van der Waals surface area contributed by atoms with E-state index >= 15 is 0 Å². The second-order valence-electron chi connectivity index (χ2n) is 8.04. The minimum absolute atomic E-state index is 0.152. The molecule has 0 amide bonds. The number of halogens is 1. The van der Waals surface area contributed by atoms with Gasteiger partial charge in [-0.2, -0.15) is 10.4 Å². The minimum atomic E-state index is -0.914. The maximum Gasteiger partial charge on any atom is 0.335 e. The van der Waals surface area contributed by atoms with Gasteiger partial charge in [-0.05, 0) is 55.2 Å². The van der Waals surface area contributed by atoms with Crippen LogP contribution in [0.3, 0.4) is 0 Å². The Morgan fingerprint density at radius 2 is 2.13 bits per heavy atom. The van der Waals surface area contributed by atoms with Gasteiger partial charge in [0.15, 0.2) is 0 Å². The number of hydrazone groups is 1. The van der Waals surface area contributed by atoms with Crippen LogP contribution in [0.2, 0.25) is 5.02 Å². The van der Waals surface area contributed by atoms with E-state index in [4.69, 9.17) is 21.4 Å². The van der Waals surface area contributed by atoms with Crippen molar-refractivity contribution < 1.29 is 14.6 Å². The molecule has 2 heterocycles. The summed E-state index contributed by atoms with van der Waals surface area (Å²) in [5.41, 5.74) is 4.68. The molecule has 2 aromatic rings. The molecule has 1 aliphatic carbocycles. The van der Waals surface area contributed by atoms with Gasteiger partial charge < -0.3 is 9.84 Å². The van der Waals surface area contributed by atoms with Crippen LogP contribution in [0.5, 0.6) is 0 Å². The molecule has 0 aromatic heterocycles. The maximum absolute atomic E-state index is 11.4. The summed E-state index contributed by atoms with van der Waals surface area (Å²) in [5.74, 6) is -0.317. The predicted molar refractivity (Wildman–Crippen MR) is 113 cm³/mol. The average Bonchev–Trinajstić information content (AvgIpc) is 3.40. The zero-order valence-electron chi connectivity index (χ0n) is 16.2. The molecule has 1 saturated heterocycles. The van der Waals surface area contributed by atoms with E-state index < -0.39 is 5.97 Å². The average molecular weight is 422 g/mol. The van der Waals surface area contributed by atoms with Crippen molar-refractivity contribution in [2.75, 3.05) is 18.2 Å². The van der Waals surface area contributed by atoms with Gasteiger partial charge in [0.25, 0.3) is 0 Å². The van der Waals surface area contributed by atoms with Gasteiger partial charge in [0.1, 0.15) is 6.07 Å². The van der Waals surface area contributed by atoms with Crippen molar-refractivity contribution in [1.29, 1.82) is 5.26 Å². The molecule has 1 N–H and O–H groups in total. The lowest BCUT2D eigenvalue weighted by atomic mass is 9.75. The molecule has 6 nitrogen and oxygen atoms in total. The van der Waals surface area contributed by atoms with Crippen LogP contribution in [-0.2, 0) is 11.2 Å². The first kappa shape index (κ1) is 19.1. The van der Waals surface area contributed by atoms with Gasteiger partial charge in [0.2, 0.25) is 0 Å². The molecule has 30 heavy (non-hydrogen) atoms. The lowest BCUT2D eigenvalue weighted by Crippen LogP contribution is -2.41. The zero-order chi connectivity index (χ0) is 20.8. The topological polar surface area (TPSA) is 85.9 Å². The van der Waals surface area contributed by atoms with E-state index in [-0.39, 0.29) is 12.0 Å². The van der Waals surface area contributed by atoms with Crippen LogP contribution >= 0.6 is 11.6 Å². The van der Waals surface area contributed by atoms with Crippen molar-refractivity contribution in [3.63, 3.8) is 0 Å². The third-order valence-corrected chi connectivity index (χ3v) is 6.71. The Hall–Kier alpha value is -2.88. The number of aryl methyl sites for hydroxylation is 1. The highest BCUT2D eigenvalue weighted by atomic mass is 35.5. The molecule has 0 spiro atoms. The standard InChI is InChI=1S/C23H20ClN3O3/c24-20-10-17(4-1-15(20)11-25)27-22(16-7-8-30-12-16)19-6-2-13-9-14(23(28)29)3-5-18(13)21(19)26-27/h1,3-5,9-10,16,19,22H,2,6-8,12H2,(H,28,29)/t16-,19?,22?/m1/s1. The molecule has 152 valence electrons. The maximum atomic E-state index is 11.4. The van der Waals surface area contributed by atoms with E-state index in [1.807, 2.05) is 17.1 Å². The molecule has 2 aromatic carbocycles. The number of fused-ring (bicyclic) bond motifs is 3. The van der Waals surface area contributed by atoms with Gasteiger partial charge in [0, 0.05) is 24.0 Å². The van der Waals surface area contributed by atoms with Crippen molar-refractivity contribution >= 4 is 29.0 Å². The first-order valence-electron chi connectivity index (χ1n) is 10.1. The zero-order valence-corrected chi connectivity index (χ0v) is 17.0. The number of aromatic carboxylic acids is 1. The van der Waals surface area contributed by atoms with Crippen LogP contribution in [0.15, 0.2) is 41.5 Å². The Morgan fingerprint density at radius 1 is 1.27 bits per heavy atom. The van der Waals surface area contributed by atoms with Crippen molar-refractivity contribution in [2.24, 2.45) is 16.9 Å². The van der Waals surface area contributed by atoms with Crippen molar-refractivity contribution in [1.82, 2.24) is 0 Å². The van der Waals surface area contributed by atoms with Crippen LogP contribution in [0.4, 0.5) is 5.69 Å². The summed E-state index contributed by atoms with van der Waals surface area (Å²) in [4.78, 5) is 11.4. The summed E-state index contributed by atoms with van der Waals surface area (Å²) in [6.45, 7) is 1.46. The molecule has 7 heteroatoms. The first-order chi connectivity index (χ1) is 14.6. The summed E-state index contributed by atoms with van der Waals surface area (Å²) in [6.07, 6.45) is 2.72. The summed E-state index contributed by atoms with van der Waals surface area (Å²) < 4.78 is 5.69. The number of anilines is 1. The number of hydrogen-bond acceptors (Lipinski definition) is 5. The third-order valence-electron chi connectivity index (χ3n) is 6.40. The number of rotatable bonds is 3. The Morgan fingerprint density at radius 3 is 2.83 bits per heavy atom. The Labute approximate surface area is 179 Å². The number of nitriles is 1. The van der Waals surface area contributed by atoms with E-state index in [9.17, 15) is 15.2 Å². The van der Waals surface area contributed by atoms with E-state index in [1.165, 1.54) is 0 Å². The monoisotopic (exact) mass is 421 g/mol. The molecule has 1 fully saturated rings. The van der Waals surface area contributed by atoms with Crippen molar-refractivity contribution in [3.05, 3.63) is 63.7 Å². The second-order valence-corrected chi connectivity index (χ2v) is 8.45. The highest BCUT2D eigenvalue weighted by Gasteiger charge is 2.46. The van der Waals surface area contributed by atoms with Crippen LogP contribution < -0.4 is 5.01 Å². The fourth-order valence-electron chi connectivity index (χ4n) is 4.96. The van der Waals surface area contributed by atoms with Crippen LogP contribution in [-0.4, -0.2) is 36.0 Å². The lowest BCUT2D eigenvalue weighted by molar-refractivity contribution is 0.0696. The number of hydrogen-bond donors (Lipinski definition) is 1. The quantitative estimate of drug-likeness (QED) is 0.806. The molecule has 2 aliphatic heterocycles. The molecule has 5 rings (SSSR count).